The van der Waals surface area contributed by atoms with Gasteiger partial charge in [0.2, 0.25) is 0 Å². The highest BCUT2D eigenvalue weighted by Gasteiger charge is 2.25. The van der Waals surface area contributed by atoms with Crippen LogP contribution in [0, 0.1) is 23.3 Å². The molecule has 2 aromatic rings. The van der Waals surface area contributed by atoms with Gasteiger partial charge in [0.1, 0.15) is 11.5 Å². The van der Waals surface area contributed by atoms with Crippen molar-refractivity contribution in [2.75, 3.05) is 5.73 Å². The quantitative estimate of drug-likeness (QED) is 0.665. The molecule has 0 spiro atoms. The van der Waals surface area contributed by atoms with E-state index in [-0.39, 0.29) is 12.2 Å². The predicted octanol–water partition coefficient (Wildman–Crippen LogP) is 2.57. The largest absolute Gasteiger partial charge is 0.382 e. The average molecular weight is 259 g/mol. The van der Waals surface area contributed by atoms with Gasteiger partial charge >= 0.3 is 0 Å². The molecule has 2 N–H and O–H groups in total. The van der Waals surface area contributed by atoms with Crippen LogP contribution in [0.2, 0.25) is 0 Å². The summed E-state index contributed by atoms with van der Waals surface area (Å²) in [4.78, 5) is 0. The van der Waals surface area contributed by atoms with Crippen molar-refractivity contribution in [1.29, 1.82) is 0 Å². The molecule has 96 valence electrons. The number of nitrogens with zero attached hydrogens (tertiary/aromatic N) is 2. The van der Waals surface area contributed by atoms with E-state index in [1.165, 1.54) is 13.0 Å². The fraction of sp³-hybridized carbons (Fsp3) is 0.182. The van der Waals surface area contributed by atoms with Crippen LogP contribution in [0.3, 0.4) is 0 Å². The molecular formula is C11H9F4N3. The van der Waals surface area contributed by atoms with E-state index in [1.54, 1.807) is 0 Å². The topological polar surface area (TPSA) is 43.8 Å². The lowest BCUT2D eigenvalue weighted by atomic mass is 10.1. The van der Waals surface area contributed by atoms with Crippen molar-refractivity contribution in [3.8, 4) is 5.69 Å². The molecule has 0 saturated carbocycles. The molecule has 0 saturated heterocycles. The zero-order chi connectivity index (χ0) is 13.4. The monoisotopic (exact) mass is 259 g/mol. The van der Waals surface area contributed by atoms with E-state index >= 15 is 0 Å². The highest BCUT2D eigenvalue weighted by atomic mass is 19.2. The molecule has 0 aliphatic heterocycles. The summed E-state index contributed by atoms with van der Waals surface area (Å²) in [5.74, 6) is -5.84. The van der Waals surface area contributed by atoms with Crippen molar-refractivity contribution in [2.45, 2.75) is 13.3 Å². The summed E-state index contributed by atoms with van der Waals surface area (Å²) in [6, 6.07) is 1.25. The van der Waals surface area contributed by atoms with Crippen LogP contribution in [0.15, 0.2) is 12.3 Å². The lowest BCUT2D eigenvalue weighted by Crippen LogP contribution is -2.11. The van der Waals surface area contributed by atoms with Crippen LogP contribution in [0.1, 0.15) is 12.5 Å². The molecule has 0 radical (unpaired) electrons. The van der Waals surface area contributed by atoms with Crippen LogP contribution in [0.4, 0.5) is 23.4 Å². The predicted molar refractivity (Wildman–Crippen MR) is 57.2 cm³/mol. The first-order chi connectivity index (χ1) is 8.47. The molecule has 0 fully saturated rings. The third-order valence-electron chi connectivity index (χ3n) is 2.52. The Morgan fingerprint density at radius 3 is 2.06 bits per heavy atom. The maximum absolute atomic E-state index is 13.7. The third kappa shape index (κ3) is 1.71. The fourth-order valence-electron chi connectivity index (χ4n) is 1.64. The van der Waals surface area contributed by atoms with Gasteiger partial charge in [-0.1, -0.05) is 6.92 Å². The number of nitrogen functional groups attached to an aromatic ring is 1. The van der Waals surface area contributed by atoms with Gasteiger partial charge in [0.15, 0.2) is 23.3 Å². The second kappa shape index (κ2) is 4.32. The van der Waals surface area contributed by atoms with Crippen molar-refractivity contribution in [1.82, 2.24) is 9.78 Å². The Morgan fingerprint density at radius 1 is 1.11 bits per heavy atom. The van der Waals surface area contributed by atoms with Crippen LogP contribution >= 0.6 is 0 Å². The van der Waals surface area contributed by atoms with Gasteiger partial charge in [-0.15, -0.1) is 0 Å². The van der Waals surface area contributed by atoms with E-state index in [2.05, 4.69) is 5.10 Å². The SMILES string of the molecule is CCc1c(F)c(F)c(-n2ccc(N)n2)c(F)c1F. The minimum atomic E-state index is -1.49. The molecule has 7 heteroatoms. The van der Waals surface area contributed by atoms with Crippen LogP contribution in [0.5, 0.6) is 0 Å². The highest BCUT2D eigenvalue weighted by Crippen LogP contribution is 2.27. The van der Waals surface area contributed by atoms with Gasteiger partial charge in [0.05, 0.1) is 0 Å². The average Bonchev–Trinajstić information content (AvgIpc) is 2.74. The smallest absolute Gasteiger partial charge is 0.187 e. The Balaban J connectivity index is 2.76. The van der Waals surface area contributed by atoms with E-state index < -0.39 is 34.5 Å². The summed E-state index contributed by atoms with van der Waals surface area (Å²) < 4.78 is 55.1. The van der Waals surface area contributed by atoms with Crippen molar-refractivity contribution < 1.29 is 17.6 Å². The Kier molecular flexibility index (Phi) is 2.98. The van der Waals surface area contributed by atoms with Gasteiger partial charge in [-0.3, -0.25) is 0 Å². The number of anilines is 1. The Labute approximate surface area is 99.8 Å². The Morgan fingerprint density at radius 2 is 1.67 bits per heavy atom. The van der Waals surface area contributed by atoms with E-state index in [0.29, 0.717) is 4.68 Å². The Bertz CT molecular complexity index is 578. The first kappa shape index (κ1) is 12.4. The summed E-state index contributed by atoms with van der Waals surface area (Å²) in [5, 5.41) is 3.52. The van der Waals surface area contributed by atoms with Crippen molar-refractivity contribution in [2.24, 2.45) is 0 Å². The normalized spacial score (nSPS) is 10.9. The number of rotatable bonds is 2. The highest BCUT2D eigenvalue weighted by molar-refractivity contribution is 5.41. The van der Waals surface area contributed by atoms with E-state index in [1.807, 2.05) is 0 Å². The van der Waals surface area contributed by atoms with Crippen LogP contribution < -0.4 is 5.73 Å². The Hall–Kier alpha value is -2.05. The van der Waals surface area contributed by atoms with Gasteiger partial charge in [0, 0.05) is 17.8 Å². The summed E-state index contributed by atoms with van der Waals surface area (Å²) in [7, 11) is 0. The van der Waals surface area contributed by atoms with Crippen LogP contribution in [-0.2, 0) is 6.42 Å². The van der Waals surface area contributed by atoms with Gasteiger partial charge in [0.25, 0.3) is 0 Å². The minimum Gasteiger partial charge on any atom is -0.382 e. The van der Waals surface area contributed by atoms with Crippen LogP contribution in [0.25, 0.3) is 5.69 Å². The second-order valence-corrected chi connectivity index (χ2v) is 3.62. The fourth-order valence-corrected chi connectivity index (χ4v) is 1.64. The summed E-state index contributed by atoms with van der Waals surface area (Å²) >= 11 is 0. The van der Waals surface area contributed by atoms with Crippen molar-refractivity contribution in [3.63, 3.8) is 0 Å². The second-order valence-electron chi connectivity index (χ2n) is 3.62. The molecule has 0 aliphatic rings. The number of halogens is 4. The van der Waals surface area contributed by atoms with Gasteiger partial charge in [-0.2, -0.15) is 5.10 Å². The molecule has 1 aromatic carbocycles. The number of aromatic nitrogens is 2. The molecule has 0 unspecified atom stereocenters. The summed E-state index contributed by atoms with van der Waals surface area (Å²) in [5.41, 5.74) is 3.74. The van der Waals surface area contributed by atoms with Gasteiger partial charge in [-0.25, -0.2) is 22.2 Å². The molecule has 0 amide bonds. The molecule has 0 aliphatic carbocycles. The minimum absolute atomic E-state index is 0.0193. The molecule has 0 bridgehead atoms. The zero-order valence-corrected chi connectivity index (χ0v) is 9.35. The standard InChI is InChI=1S/C11H9F4N3/c1-2-5-7(12)9(14)11(10(15)8(5)13)18-4-3-6(16)17-18/h3-4H,2H2,1H3,(H2,16,17). The first-order valence-electron chi connectivity index (χ1n) is 5.13. The van der Waals surface area contributed by atoms with Crippen molar-refractivity contribution >= 4 is 5.82 Å². The molecule has 0 atom stereocenters. The van der Waals surface area contributed by atoms with E-state index in [0.717, 1.165) is 6.20 Å². The lowest BCUT2D eigenvalue weighted by molar-refractivity contribution is 0.432. The van der Waals surface area contributed by atoms with E-state index in [4.69, 9.17) is 5.73 Å². The molecule has 2 rings (SSSR count). The summed E-state index contributed by atoms with van der Waals surface area (Å²) in [6.45, 7) is 1.39. The number of hydrogen-bond acceptors (Lipinski definition) is 2. The maximum Gasteiger partial charge on any atom is 0.187 e. The number of benzene rings is 1. The molecule has 1 heterocycles. The lowest BCUT2D eigenvalue weighted by Gasteiger charge is -2.10. The number of hydrogen-bond donors (Lipinski definition) is 1. The van der Waals surface area contributed by atoms with Crippen molar-refractivity contribution in [3.05, 3.63) is 41.1 Å². The van der Waals surface area contributed by atoms with E-state index in [9.17, 15) is 17.6 Å². The zero-order valence-electron chi connectivity index (χ0n) is 9.35. The van der Waals surface area contributed by atoms with Gasteiger partial charge in [-0.05, 0) is 6.42 Å². The number of nitrogens with two attached hydrogens (primary N) is 1. The first-order valence-corrected chi connectivity index (χ1v) is 5.13. The maximum atomic E-state index is 13.7. The summed E-state index contributed by atoms with van der Waals surface area (Å²) in [6.07, 6.45) is 0.953. The molecule has 18 heavy (non-hydrogen) atoms. The molecular weight excluding hydrogens is 250 g/mol. The molecule has 3 nitrogen and oxygen atoms in total. The van der Waals surface area contributed by atoms with Crippen LogP contribution in [-0.4, -0.2) is 9.78 Å². The van der Waals surface area contributed by atoms with Gasteiger partial charge < -0.3 is 5.73 Å². The molecule has 1 aromatic heterocycles. The third-order valence-corrected chi connectivity index (χ3v) is 2.52.